The van der Waals surface area contributed by atoms with Crippen LogP contribution in [0.25, 0.3) is 0 Å². The molecule has 23 heavy (non-hydrogen) atoms. The van der Waals surface area contributed by atoms with Crippen molar-refractivity contribution < 1.29 is 0 Å². The molecule has 2 rings (SSSR count). The molecule has 1 heterocycles. The van der Waals surface area contributed by atoms with Crippen molar-refractivity contribution in [2.24, 2.45) is 10.9 Å². The third-order valence-corrected chi connectivity index (χ3v) is 4.67. The Kier molecular flexibility index (Phi) is 9.52. The average Bonchev–Trinajstić information content (AvgIpc) is 2.56. The van der Waals surface area contributed by atoms with Gasteiger partial charge in [-0.1, -0.05) is 19.4 Å². The highest BCUT2D eigenvalue weighted by molar-refractivity contribution is 14.0. The largest absolute Gasteiger partial charge is 0.356 e. The van der Waals surface area contributed by atoms with Crippen LogP contribution in [0.4, 0.5) is 0 Å². The first-order chi connectivity index (χ1) is 10.7. The average molecular weight is 430 g/mol. The number of pyridine rings is 1. The molecule has 0 unspecified atom stereocenters. The van der Waals surface area contributed by atoms with E-state index in [1.807, 2.05) is 20.2 Å². The minimum Gasteiger partial charge on any atom is -0.356 e. The van der Waals surface area contributed by atoms with Gasteiger partial charge in [0.2, 0.25) is 0 Å². The van der Waals surface area contributed by atoms with E-state index >= 15 is 0 Å². The fourth-order valence-corrected chi connectivity index (χ4v) is 3.07. The maximum absolute atomic E-state index is 4.35. The lowest BCUT2D eigenvalue weighted by Gasteiger charge is -2.29. The zero-order valence-corrected chi connectivity index (χ0v) is 17.0. The molecule has 0 bridgehead atoms. The molecule has 1 aliphatic rings. The molecule has 2 N–H and O–H groups in total. The number of hydrogen-bond donors (Lipinski definition) is 2. The van der Waals surface area contributed by atoms with E-state index in [2.05, 4.69) is 39.7 Å². The Bertz CT molecular complexity index is 464. The standard InChI is InChI=1S/C18H30N4.HI/c1-4-15-7-9-17(10-8-15)22-18(19-3)20-12-11-16-6-5-14(2)21-13-16;/h5-6,13,15,17H,4,7-12H2,1-3H3,(H2,19,20,22);1H. The summed E-state index contributed by atoms with van der Waals surface area (Å²) in [7, 11) is 1.85. The molecule has 1 aromatic heterocycles. The quantitative estimate of drug-likeness (QED) is 0.426. The van der Waals surface area contributed by atoms with Crippen molar-refractivity contribution in [1.29, 1.82) is 0 Å². The Labute approximate surface area is 158 Å². The Morgan fingerprint density at radius 1 is 1.26 bits per heavy atom. The van der Waals surface area contributed by atoms with E-state index in [1.165, 1.54) is 37.7 Å². The zero-order valence-electron chi connectivity index (χ0n) is 14.6. The van der Waals surface area contributed by atoms with Crippen molar-refractivity contribution in [2.45, 2.75) is 58.4 Å². The maximum atomic E-state index is 4.35. The van der Waals surface area contributed by atoms with Gasteiger partial charge >= 0.3 is 0 Å². The summed E-state index contributed by atoms with van der Waals surface area (Å²) in [5, 5.41) is 6.99. The van der Waals surface area contributed by atoms with E-state index in [1.54, 1.807) is 0 Å². The third kappa shape index (κ3) is 7.06. The highest BCUT2D eigenvalue weighted by atomic mass is 127. The zero-order chi connectivity index (χ0) is 15.8. The lowest BCUT2D eigenvalue weighted by Crippen LogP contribution is -2.45. The molecule has 1 fully saturated rings. The van der Waals surface area contributed by atoms with Crippen molar-refractivity contribution in [3.63, 3.8) is 0 Å². The maximum Gasteiger partial charge on any atom is 0.191 e. The second-order valence-corrected chi connectivity index (χ2v) is 6.33. The molecule has 5 heteroatoms. The van der Waals surface area contributed by atoms with Crippen LogP contribution in [0.5, 0.6) is 0 Å². The fraction of sp³-hybridized carbons (Fsp3) is 0.667. The summed E-state index contributed by atoms with van der Waals surface area (Å²) in [5.41, 5.74) is 2.33. The summed E-state index contributed by atoms with van der Waals surface area (Å²) in [6.07, 6.45) is 9.47. The fourth-order valence-electron chi connectivity index (χ4n) is 3.07. The molecule has 4 nitrogen and oxygen atoms in total. The second kappa shape index (κ2) is 10.8. The lowest BCUT2D eigenvalue weighted by molar-refractivity contribution is 0.304. The van der Waals surface area contributed by atoms with Crippen LogP contribution in [-0.2, 0) is 6.42 Å². The molecule has 1 saturated carbocycles. The van der Waals surface area contributed by atoms with E-state index in [0.29, 0.717) is 6.04 Å². The number of guanidine groups is 1. The summed E-state index contributed by atoms with van der Waals surface area (Å²) in [6.45, 7) is 5.20. The van der Waals surface area contributed by atoms with Crippen molar-refractivity contribution >= 4 is 29.9 Å². The minimum atomic E-state index is 0. The van der Waals surface area contributed by atoms with Crippen LogP contribution in [0.1, 0.15) is 50.3 Å². The molecule has 0 radical (unpaired) electrons. The predicted octanol–water partition coefficient (Wildman–Crippen LogP) is 3.68. The number of hydrogen-bond acceptors (Lipinski definition) is 2. The first kappa shape index (κ1) is 20.2. The van der Waals surface area contributed by atoms with E-state index < -0.39 is 0 Å². The summed E-state index contributed by atoms with van der Waals surface area (Å²) in [4.78, 5) is 8.68. The highest BCUT2D eigenvalue weighted by Crippen LogP contribution is 2.26. The molecule has 130 valence electrons. The van der Waals surface area contributed by atoms with Crippen LogP contribution in [0.15, 0.2) is 23.3 Å². The van der Waals surface area contributed by atoms with Gasteiger partial charge in [0.15, 0.2) is 5.96 Å². The van der Waals surface area contributed by atoms with Crippen LogP contribution < -0.4 is 10.6 Å². The van der Waals surface area contributed by atoms with Crippen LogP contribution >= 0.6 is 24.0 Å². The first-order valence-electron chi connectivity index (χ1n) is 8.60. The molecule has 0 atom stereocenters. The molecule has 0 spiro atoms. The summed E-state index contributed by atoms with van der Waals surface area (Å²) in [5.74, 6) is 1.86. The van der Waals surface area contributed by atoms with Crippen molar-refractivity contribution in [1.82, 2.24) is 15.6 Å². The van der Waals surface area contributed by atoms with Gasteiger partial charge in [-0.25, -0.2) is 0 Å². The molecule has 1 aliphatic carbocycles. The van der Waals surface area contributed by atoms with Gasteiger partial charge < -0.3 is 10.6 Å². The number of aromatic nitrogens is 1. The van der Waals surface area contributed by atoms with Gasteiger partial charge in [-0.15, -0.1) is 24.0 Å². The monoisotopic (exact) mass is 430 g/mol. The highest BCUT2D eigenvalue weighted by Gasteiger charge is 2.20. The molecule has 0 aliphatic heterocycles. The number of aliphatic imine (C=N–C) groups is 1. The Balaban J connectivity index is 0.00000264. The number of aryl methyl sites for hydroxylation is 1. The van der Waals surface area contributed by atoms with Gasteiger partial charge in [-0.2, -0.15) is 0 Å². The molecular weight excluding hydrogens is 399 g/mol. The first-order valence-corrected chi connectivity index (χ1v) is 8.60. The van der Waals surface area contributed by atoms with Crippen molar-refractivity contribution in [3.05, 3.63) is 29.6 Å². The third-order valence-electron chi connectivity index (χ3n) is 4.67. The summed E-state index contributed by atoms with van der Waals surface area (Å²) >= 11 is 0. The molecule has 0 aromatic carbocycles. The van der Waals surface area contributed by atoms with Crippen LogP contribution in [-0.4, -0.2) is 30.6 Å². The predicted molar refractivity (Wildman–Crippen MR) is 109 cm³/mol. The molecule has 1 aromatic rings. The summed E-state index contributed by atoms with van der Waals surface area (Å²) in [6, 6.07) is 4.79. The topological polar surface area (TPSA) is 49.3 Å². The number of nitrogens with zero attached hydrogens (tertiary/aromatic N) is 2. The van der Waals surface area contributed by atoms with Crippen LogP contribution in [0.2, 0.25) is 0 Å². The van der Waals surface area contributed by atoms with Gasteiger partial charge in [0.1, 0.15) is 0 Å². The number of nitrogens with one attached hydrogen (secondary N) is 2. The SMILES string of the molecule is CCC1CCC(NC(=NC)NCCc2ccc(C)nc2)CC1.I. The Morgan fingerprint density at radius 3 is 2.57 bits per heavy atom. The van der Waals surface area contributed by atoms with Crippen molar-refractivity contribution in [3.8, 4) is 0 Å². The number of rotatable bonds is 5. The van der Waals surface area contributed by atoms with Crippen molar-refractivity contribution in [2.75, 3.05) is 13.6 Å². The smallest absolute Gasteiger partial charge is 0.191 e. The van der Waals surface area contributed by atoms with E-state index in [-0.39, 0.29) is 24.0 Å². The van der Waals surface area contributed by atoms with E-state index in [9.17, 15) is 0 Å². The molecule has 0 amide bonds. The summed E-state index contributed by atoms with van der Waals surface area (Å²) < 4.78 is 0. The molecule has 0 saturated heterocycles. The van der Waals surface area contributed by atoms with Gasteiger partial charge in [0.05, 0.1) is 0 Å². The second-order valence-electron chi connectivity index (χ2n) is 6.33. The molecular formula is C18H31IN4. The Morgan fingerprint density at radius 2 is 2.00 bits per heavy atom. The normalized spacial score (nSPS) is 21.4. The van der Waals surface area contributed by atoms with Crippen LogP contribution in [0, 0.1) is 12.8 Å². The van der Waals surface area contributed by atoms with Gasteiger partial charge in [0, 0.05) is 31.5 Å². The Hall–Kier alpha value is -0.850. The lowest BCUT2D eigenvalue weighted by atomic mass is 9.84. The van der Waals surface area contributed by atoms with Gasteiger partial charge in [-0.3, -0.25) is 9.98 Å². The van der Waals surface area contributed by atoms with Gasteiger partial charge in [0.25, 0.3) is 0 Å². The van der Waals surface area contributed by atoms with Crippen LogP contribution in [0.3, 0.4) is 0 Å². The minimum absolute atomic E-state index is 0. The van der Waals surface area contributed by atoms with E-state index in [0.717, 1.165) is 30.5 Å². The number of halogens is 1. The van der Waals surface area contributed by atoms with Gasteiger partial charge in [-0.05, 0) is 56.6 Å². The van der Waals surface area contributed by atoms with E-state index in [4.69, 9.17) is 0 Å².